The summed E-state index contributed by atoms with van der Waals surface area (Å²) in [6, 6.07) is 5.63. The fraction of sp³-hybridized carbons (Fsp3) is 0.500. The summed E-state index contributed by atoms with van der Waals surface area (Å²) < 4.78 is 5.36. The van der Waals surface area contributed by atoms with Crippen LogP contribution in [0.3, 0.4) is 0 Å². The summed E-state index contributed by atoms with van der Waals surface area (Å²) in [7, 11) is 0. The molecule has 1 aliphatic heterocycles. The molecule has 1 aromatic carbocycles. The van der Waals surface area contributed by atoms with Gasteiger partial charge in [-0.25, -0.2) is 0 Å². The molecular formula is C12H16Cl2N2O. The van der Waals surface area contributed by atoms with Crippen molar-refractivity contribution in [2.75, 3.05) is 13.2 Å². The van der Waals surface area contributed by atoms with Crippen molar-refractivity contribution in [3.8, 4) is 0 Å². The molecule has 1 aromatic rings. The largest absolute Gasteiger partial charge is 0.381 e. The molecule has 1 atom stereocenters. The van der Waals surface area contributed by atoms with Gasteiger partial charge in [0, 0.05) is 29.3 Å². The van der Waals surface area contributed by atoms with Crippen molar-refractivity contribution < 1.29 is 4.74 Å². The summed E-state index contributed by atoms with van der Waals surface area (Å²) in [6.45, 7) is 1.58. The van der Waals surface area contributed by atoms with Gasteiger partial charge in [0.1, 0.15) is 0 Å². The number of hydrogen-bond donors (Lipinski definition) is 2. The van der Waals surface area contributed by atoms with Gasteiger partial charge in [-0.2, -0.15) is 0 Å². The van der Waals surface area contributed by atoms with E-state index in [4.69, 9.17) is 33.8 Å². The molecule has 1 aliphatic rings. The maximum absolute atomic E-state index is 6.01. The molecule has 3 nitrogen and oxygen atoms in total. The highest BCUT2D eigenvalue weighted by Gasteiger charge is 2.24. The second-order valence-electron chi connectivity index (χ2n) is 4.30. The Morgan fingerprint density at radius 1 is 1.18 bits per heavy atom. The predicted molar refractivity (Wildman–Crippen MR) is 70.1 cm³/mol. The number of rotatable bonds is 3. The van der Waals surface area contributed by atoms with Crippen LogP contribution in [0, 0.1) is 5.92 Å². The first-order chi connectivity index (χ1) is 8.20. The number of hydrogen-bond acceptors (Lipinski definition) is 3. The lowest BCUT2D eigenvalue weighted by molar-refractivity contribution is 0.0536. The second kappa shape index (κ2) is 6.03. The van der Waals surface area contributed by atoms with E-state index in [1.807, 2.05) is 12.1 Å². The Labute approximate surface area is 111 Å². The number of halogens is 2. The van der Waals surface area contributed by atoms with Crippen LogP contribution in [0.25, 0.3) is 0 Å². The van der Waals surface area contributed by atoms with E-state index in [9.17, 15) is 0 Å². The first kappa shape index (κ1) is 13.1. The first-order valence-corrected chi connectivity index (χ1v) is 6.46. The lowest BCUT2D eigenvalue weighted by Crippen LogP contribution is -2.36. The van der Waals surface area contributed by atoms with Gasteiger partial charge < -0.3 is 4.74 Å². The monoisotopic (exact) mass is 274 g/mol. The van der Waals surface area contributed by atoms with E-state index < -0.39 is 0 Å². The molecule has 3 N–H and O–H groups in total. The minimum Gasteiger partial charge on any atom is -0.381 e. The number of hydrazine groups is 1. The lowest BCUT2D eigenvalue weighted by Gasteiger charge is -2.30. The van der Waals surface area contributed by atoms with Gasteiger partial charge in [-0.3, -0.25) is 11.3 Å². The van der Waals surface area contributed by atoms with E-state index in [2.05, 4.69) is 5.43 Å². The molecule has 0 aliphatic carbocycles. The van der Waals surface area contributed by atoms with E-state index in [-0.39, 0.29) is 6.04 Å². The first-order valence-electron chi connectivity index (χ1n) is 5.70. The zero-order valence-corrected chi connectivity index (χ0v) is 11.0. The Morgan fingerprint density at radius 2 is 1.76 bits per heavy atom. The fourth-order valence-electron chi connectivity index (χ4n) is 2.31. The Morgan fingerprint density at radius 3 is 2.29 bits per heavy atom. The molecule has 1 unspecified atom stereocenters. The zero-order chi connectivity index (χ0) is 12.3. The van der Waals surface area contributed by atoms with Crippen LogP contribution in [0.15, 0.2) is 18.2 Å². The van der Waals surface area contributed by atoms with Crippen LogP contribution < -0.4 is 11.3 Å². The molecule has 17 heavy (non-hydrogen) atoms. The van der Waals surface area contributed by atoms with Crippen molar-refractivity contribution in [2.45, 2.75) is 18.9 Å². The topological polar surface area (TPSA) is 47.3 Å². The minimum absolute atomic E-state index is 0.0788. The standard InChI is InChI=1S/C12H16Cl2N2O/c13-10-5-9(6-11(14)7-10)12(16-15)8-1-3-17-4-2-8/h5-8,12,16H,1-4,15H2. The molecule has 0 spiro atoms. The number of benzene rings is 1. The Hall–Kier alpha value is -0.320. The molecule has 0 saturated carbocycles. The quantitative estimate of drug-likeness (QED) is 0.658. The summed E-state index contributed by atoms with van der Waals surface area (Å²) in [5.41, 5.74) is 3.91. The maximum atomic E-state index is 6.01. The lowest BCUT2D eigenvalue weighted by atomic mass is 9.87. The minimum atomic E-state index is 0.0788. The number of nitrogens with two attached hydrogens (primary N) is 1. The highest BCUT2D eigenvalue weighted by molar-refractivity contribution is 6.34. The molecule has 0 aromatic heterocycles. The third-order valence-corrected chi connectivity index (χ3v) is 3.60. The summed E-state index contributed by atoms with van der Waals surface area (Å²) >= 11 is 12.0. The molecular weight excluding hydrogens is 259 g/mol. The van der Waals surface area contributed by atoms with Crippen molar-refractivity contribution in [3.63, 3.8) is 0 Å². The summed E-state index contributed by atoms with van der Waals surface area (Å²) in [6.07, 6.45) is 2.00. The van der Waals surface area contributed by atoms with Crippen LogP contribution in [0.4, 0.5) is 0 Å². The van der Waals surface area contributed by atoms with Crippen molar-refractivity contribution in [1.29, 1.82) is 0 Å². The van der Waals surface area contributed by atoms with Crippen molar-refractivity contribution in [2.24, 2.45) is 11.8 Å². The summed E-state index contributed by atoms with van der Waals surface area (Å²) in [5, 5.41) is 1.28. The Kier molecular flexibility index (Phi) is 4.65. The van der Waals surface area contributed by atoms with Gasteiger partial charge in [-0.05, 0) is 42.5 Å². The van der Waals surface area contributed by atoms with Crippen LogP contribution in [0.2, 0.25) is 10.0 Å². The van der Waals surface area contributed by atoms with Crippen LogP contribution in [0.1, 0.15) is 24.4 Å². The molecule has 94 valence electrons. The van der Waals surface area contributed by atoms with Gasteiger partial charge in [0.15, 0.2) is 0 Å². The molecule has 0 amide bonds. The number of ether oxygens (including phenoxy) is 1. The average Bonchev–Trinajstić information content (AvgIpc) is 2.30. The van der Waals surface area contributed by atoms with Gasteiger partial charge in [-0.1, -0.05) is 23.2 Å². The molecule has 1 heterocycles. The van der Waals surface area contributed by atoms with Crippen molar-refractivity contribution in [1.82, 2.24) is 5.43 Å². The van der Waals surface area contributed by atoms with Gasteiger partial charge in [0.25, 0.3) is 0 Å². The van der Waals surface area contributed by atoms with E-state index >= 15 is 0 Å². The normalized spacial score (nSPS) is 19.2. The molecule has 2 rings (SSSR count). The summed E-state index contributed by atoms with van der Waals surface area (Å²) in [4.78, 5) is 0. The smallest absolute Gasteiger partial charge is 0.0490 e. The Balaban J connectivity index is 2.21. The third-order valence-electron chi connectivity index (χ3n) is 3.16. The molecule has 5 heteroatoms. The third kappa shape index (κ3) is 3.33. The molecule has 1 saturated heterocycles. The molecule has 0 bridgehead atoms. The highest BCUT2D eigenvalue weighted by Crippen LogP contribution is 2.32. The van der Waals surface area contributed by atoms with Crippen LogP contribution in [-0.2, 0) is 4.74 Å². The predicted octanol–water partition coefficient (Wildman–Crippen LogP) is 2.92. The van der Waals surface area contributed by atoms with Gasteiger partial charge in [-0.15, -0.1) is 0 Å². The molecule has 1 fully saturated rings. The van der Waals surface area contributed by atoms with E-state index in [1.54, 1.807) is 6.07 Å². The van der Waals surface area contributed by atoms with Crippen LogP contribution in [0.5, 0.6) is 0 Å². The van der Waals surface area contributed by atoms with E-state index in [0.29, 0.717) is 16.0 Å². The van der Waals surface area contributed by atoms with Crippen molar-refractivity contribution in [3.05, 3.63) is 33.8 Å². The Bertz CT molecular complexity index is 361. The summed E-state index contributed by atoms with van der Waals surface area (Å²) in [5.74, 6) is 6.12. The van der Waals surface area contributed by atoms with Gasteiger partial charge in [0.05, 0.1) is 0 Å². The highest BCUT2D eigenvalue weighted by atomic mass is 35.5. The second-order valence-corrected chi connectivity index (χ2v) is 5.17. The average molecular weight is 275 g/mol. The zero-order valence-electron chi connectivity index (χ0n) is 9.46. The van der Waals surface area contributed by atoms with E-state index in [0.717, 1.165) is 31.6 Å². The van der Waals surface area contributed by atoms with Gasteiger partial charge >= 0.3 is 0 Å². The van der Waals surface area contributed by atoms with Crippen LogP contribution >= 0.6 is 23.2 Å². The van der Waals surface area contributed by atoms with Gasteiger partial charge in [0.2, 0.25) is 0 Å². The maximum Gasteiger partial charge on any atom is 0.0490 e. The fourth-order valence-corrected chi connectivity index (χ4v) is 2.85. The van der Waals surface area contributed by atoms with Crippen LogP contribution in [-0.4, -0.2) is 13.2 Å². The van der Waals surface area contributed by atoms with Crippen molar-refractivity contribution >= 4 is 23.2 Å². The van der Waals surface area contributed by atoms with E-state index in [1.165, 1.54) is 0 Å². The SMILES string of the molecule is NNC(c1cc(Cl)cc(Cl)c1)C1CCOCC1. The number of nitrogens with one attached hydrogen (secondary N) is 1. The molecule has 0 radical (unpaired) electrons.